The first-order valence-corrected chi connectivity index (χ1v) is 7.09. The minimum absolute atomic E-state index is 0.0330. The Morgan fingerprint density at radius 3 is 2.78 bits per heavy atom. The van der Waals surface area contributed by atoms with Gasteiger partial charge in [-0.3, -0.25) is 4.79 Å². The molecule has 0 aliphatic rings. The standard InChI is InChI=1S/C15H17FN4O3/c1-4-20(9(2)3)15(22)11-7-10(16)5-6-12(11)23-14-13(21)17-8-18-19-14/h5-9H,4H2,1-3H3,(H,17,18,21). The molecule has 1 amide bonds. The van der Waals surface area contributed by atoms with Gasteiger partial charge in [0.1, 0.15) is 17.9 Å². The molecule has 1 aromatic carbocycles. The number of aromatic nitrogens is 3. The third-order valence-electron chi connectivity index (χ3n) is 3.18. The van der Waals surface area contributed by atoms with E-state index in [1.54, 1.807) is 4.90 Å². The maximum absolute atomic E-state index is 13.6. The van der Waals surface area contributed by atoms with Gasteiger partial charge in [0.2, 0.25) is 0 Å². The van der Waals surface area contributed by atoms with Crippen LogP contribution < -0.4 is 4.74 Å². The van der Waals surface area contributed by atoms with Crippen LogP contribution in [0.25, 0.3) is 0 Å². The highest BCUT2D eigenvalue weighted by Crippen LogP contribution is 2.29. The first-order valence-electron chi connectivity index (χ1n) is 7.09. The smallest absolute Gasteiger partial charge is 0.302 e. The summed E-state index contributed by atoms with van der Waals surface area (Å²) in [5.74, 6) is -1.62. The van der Waals surface area contributed by atoms with Crippen molar-refractivity contribution in [3.05, 3.63) is 35.9 Å². The number of halogens is 1. The highest BCUT2D eigenvalue weighted by atomic mass is 19.1. The summed E-state index contributed by atoms with van der Waals surface area (Å²) in [6, 6.07) is 3.47. The van der Waals surface area contributed by atoms with E-state index in [2.05, 4.69) is 15.2 Å². The van der Waals surface area contributed by atoms with Gasteiger partial charge < -0.3 is 14.7 Å². The summed E-state index contributed by atoms with van der Waals surface area (Å²) in [7, 11) is 0. The molecular weight excluding hydrogens is 303 g/mol. The molecule has 7 nitrogen and oxygen atoms in total. The molecule has 0 unspecified atom stereocenters. The average Bonchev–Trinajstić information content (AvgIpc) is 2.51. The molecule has 0 aliphatic carbocycles. The van der Waals surface area contributed by atoms with Gasteiger partial charge in [0.15, 0.2) is 0 Å². The van der Waals surface area contributed by atoms with Gasteiger partial charge in [0, 0.05) is 12.6 Å². The first kappa shape index (κ1) is 16.6. The Morgan fingerprint density at radius 2 is 2.17 bits per heavy atom. The summed E-state index contributed by atoms with van der Waals surface area (Å²) in [4.78, 5) is 17.7. The lowest BCUT2D eigenvalue weighted by molar-refractivity contribution is 0.0713. The molecule has 1 heterocycles. The van der Waals surface area contributed by atoms with E-state index in [0.29, 0.717) is 6.54 Å². The second kappa shape index (κ2) is 6.99. The minimum atomic E-state index is -0.568. The van der Waals surface area contributed by atoms with E-state index in [1.165, 1.54) is 6.07 Å². The number of benzene rings is 1. The van der Waals surface area contributed by atoms with Crippen LogP contribution in [0.5, 0.6) is 17.5 Å². The van der Waals surface area contributed by atoms with Crippen LogP contribution in [0.1, 0.15) is 31.1 Å². The van der Waals surface area contributed by atoms with E-state index >= 15 is 0 Å². The number of aromatic hydroxyl groups is 1. The normalized spacial score (nSPS) is 10.7. The van der Waals surface area contributed by atoms with E-state index in [0.717, 1.165) is 18.5 Å². The van der Waals surface area contributed by atoms with Crippen molar-refractivity contribution in [3.63, 3.8) is 0 Å². The van der Waals surface area contributed by atoms with Crippen LogP contribution in [-0.2, 0) is 0 Å². The van der Waals surface area contributed by atoms with Gasteiger partial charge in [-0.2, -0.15) is 4.98 Å². The maximum atomic E-state index is 13.6. The van der Waals surface area contributed by atoms with Crippen molar-refractivity contribution in [2.75, 3.05) is 6.54 Å². The van der Waals surface area contributed by atoms with E-state index < -0.39 is 11.7 Å². The lowest BCUT2D eigenvalue weighted by atomic mass is 10.1. The van der Waals surface area contributed by atoms with Crippen molar-refractivity contribution in [2.24, 2.45) is 0 Å². The Bertz CT molecular complexity index is 709. The Kier molecular flexibility index (Phi) is 5.05. The van der Waals surface area contributed by atoms with Crippen LogP contribution in [0.3, 0.4) is 0 Å². The summed E-state index contributed by atoms with van der Waals surface area (Å²) in [5, 5.41) is 16.7. The van der Waals surface area contributed by atoms with Crippen molar-refractivity contribution in [1.82, 2.24) is 20.1 Å². The number of hydrogen-bond acceptors (Lipinski definition) is 6. The quantitative estimate of drug-likeness (QED) is 0.910. The summed E-state index contributed by atoms with van der Waals surface area (Å²) in [6.45, 7) is 6.01. The monoisotopic (exact) mass is 320 g/mol. The largest absolute Gasteiger partial charge is 0.489 e. The number of carbonyl (C=O) groups excluding carboxylic acids is 1. The zero-order valence-electron chi connectivity index (χ0n) is 13.0. The van der Waals surface area contributed by atoms with Crippen molar-refractivity contribution in [3.8, 4) is 17.5 Å². The number of amides is 1. The van der Waals surface area contributed by atoms with Gasteiger partial charge in [-0.05, 0) is 39.0 Å². The summed E-state index contributed by atoms with van der Waals surface area (Å²) < 4.78 is 19.0. The molecule has 1 N–H and O–H groups in total. The molecule has 2 rings (SSSR count). The summed E-state index contributed by atoms with van der Waals surface area (Å²) in [6.07, 6.45) is 1.05. The Hall–Kier alpha value is -2.77. The van der Waals surface area contributed by atoms with Crippen molar-refractivity contribution in [2.45, 2.75) is 26.8 Å². The number of rotatable bonds is 5. The Balaban J connectivity index is 2.42. The second-order valence-corrected chi connectivity index (χ2v) is 5.02. The number of hydrogen-bond donors (Lipinski definition) is 1. The first-order chi connectivity index (χ1) is 10.9. The van der Waals surface area contributed by atoms with Gasteiger partial charge >= 0.3 is 5.88 Å². The molecule has 0 saturated carbocycles. The number of carbonyl (C=O) groups is 1. The lowest BCUT2D eigenvalue weighted by Gasteiger charge is -2.26. The highest BCUT2D eigenvalue weighted by Gasteiger charge is 2.23. The number of nitrogens with zero attached hydrogens (tertiary/aromatic N) is 4. The van der Waals surface area contributed by atoms with E-state index in [1.807, 2.05) is 20.8 Å². The predicted molar refractivity (Wildman–Crippen MR) is 79.8 cm³/mol. The van der Waals surface area contributed by atoms with Crippen molar-refractivity contribution < 1.29 is 19.0 Å². The van der Waals surface area contributed by atoms with Gasteiger partial charge in [-0.1, -0.05) is 0 Å². The van der Waals surface area contributed by atoms with E-state index in [9.17, 15) is 14.3 Å². The molecule has 0 fully saturated rings. The average molecular weight is 320 g/mol. The molecule has 0 spiro atoms. The summed E-state index contributed by atoms with van der Waals surface area (Å²) in [5.41, 5.74) is 0.0330. The fourth-order valence-corrected chi connectivity index (χ4v) is 2.09. The SMILES string of the molecule is CCN(C(=O)c1cc(F)ccc1Oc1nncnc1O)C(C)C. The van der Waals surface area contributed by atoms with Gasteiger partial charge in [0.05, 0.1) is 5.56 Å². The molecule has 0 aliphatic heterocycles. The molecule has 23 heavy (non-hydrogen) atoms. The van der Waals surface area contributed by atoms with Crippen LogP contribution in [0.2, 0.25) is 0 Å². The zero-order chi connectivity index (χ0) is 17.0. The van der Waals surface area contributed by atoms with Gasteiger partial charge in [-0.25, -0.2) is 4.39 Å². The molecule has 2 aromatic rings. The topological polar surface area (TPSA) is 88.4 Å². The van der Waals surface area contributed by atoms with Gasteiger partial charge in [0.25, 0.3) is 11.8 Å². The van der Waals surface area contributed by atoms with Crippen LogP contribution >= 0.6 is 0 Å². The van der Waals surface area contributed by atoms with Crippen molar-refractivity contribution >= 4 is 5.91 Å². The van der Waals surface area contributed by atoms with Gasteiger partial charge in [-0.15, -0.1) is 10.2 Å². The molecular formula is C15H17FN4O3. The minimum Gasteiger partial charge on any atom is -0.489 e. The lowest BCUT2D eigenvalue weighted by Crippen LogP contribution is -2.36. The second-order valence-electron chi connectivity index (χ2n) is 5.02. The van der Waals surface area contributed by atoms with Crippen LogP contribution in [-0.4, -0.2) is 43.7 Å². The third-order valence-corrected chi connectivity index (χ3v) is 3.18. The van der Waals surface area contributed by atoms with Crippen LogP contribution in [0.15, 0.2) is 24.5 Å². The summed E-state index contributed by atoms with van der Waals surface area (Å²) >= 11 is 0. The molecule has 8 heteroatoms. The Labute approximate surface area is 132 Å². The van der Waals surface area contributed by atoms with E-state index in [4.69, 9.17) is 4.74 Å². The third kappa shape index (κ3) is 3.71. The molecule has 0 atom stereocenters. The van der Waals surface area contributed by atoms with Crippen LogP contribution in [0.4, 0.5) is 4.39 Å². The van der Waals surface area contributed by atoms with Crippen LogP contribution in [0, 0.1) is 5.82 Å². The number of ether oxygens (including phenoxy) is 1. The fourth-order valence-electron chi connectivity index (χ4n) is 2.09. The molecule has 1 aromatic heterocycles. The fraction of sp³-hybridized carbons (Fsp3) is 0.333. The zero-order valence-corrected chi connectivity index (χ0v) is 13.0. The maximum Gasteiger partial charge on any atom is 0.302 e. The molecule has 0 radical (unpaired) electrons. The highest BCUT2D eigenvalue weighted by molar-refractivity contribution is 5.97. The van der Waals surface area contributed by atoms with Crippen molar-refractivity contribution in [1.29, 1.82) is 0 Å². The Morgan fingerprint density at radius 1 is 1.43 bits per heavy atom. The molecule has 122 valence electrons. The van der Waals surface area contributed by atoms with E-state index in [-0.39, 0.29) is 29.1 Å². The molecule has 0 bridgehead atoms. The predicted octanol–water partition coefficient (Wildman–Crippen LogP) is 2.38. The molecule has 0 saturated heterocycles.